The van der Waals surface area contributed by atoms with Gasteiger partial charge in [-0.25, -0.2) is 0 Å². The van der Waals surface area contributed by atoms with Gasteiger partial charge in [-0.2, -0.15) is 0 Å². The molecule has 0 atom stereocenters. The molecule has 3 nitrogen and oxygen atoms in total. The lowest BCUT2D eigenvalue weighted by Gasteiger charge is -2.17. The Hall–Kier alpha value is -0.120. The van der Waals surface area contributed by atoms with Gasteiger partial charge in [-0.05, 0) is 34.1 Å². The Kier molecular flexibility index (Phi) is 9.35. The van der Waals surface area contributed by atoms with E-state index in [-0.39, 0.29) is 0 Å². The number of likely N-dealkylation sites (N-methyl/N-ethyl adjacent to an activating group) is 2. The average molecular weight is 201 g/mol. The van der Waals surface area contributed by atoms with Crippen LogP contribution in [0.4, 0.5) is 0 Å². The Morgan fingerprint density at radius 3 is 2.14 bits per heavy atom. The molecule has 86 valence electrons. The Balaban J connectivity index is 3.10. The van der Waals surface area contributed by atoms with Crippen LogP contribution in [0.2, 0.25) is 0 Å². The highest BCUT2D eigenvalue weighted by Crippen LogP contribution is 1.89. The first kappa shape index (κ1) is 13.9. The van der Waals surface area contributed by atoms with E-state index in [1.807, 2.05) is 0 Å². The second-order valence-electron chi connectivity index (χ2n) is 4.21. The molecule has 0 fully saturated rings. The number of hydrogen-bond acceptors (Lipinski definition) is 3. The van der Waals surface area contributed by atoms with Gasteiger partial charge in [0.15, 0.2) is 0 Å². The Labute approximate surface area is 89.5 Å². The van der Waals surface area contributed by atoms with E-state index in [1.165, 1.54) is 19.4 Å². The third-order valence-electron chi connectivity index (χ3n) is 2.30. The summed E-state index contributed by atoms with van der Waals surface area (Å²) in [4.78, 5) is 4.60. The van der Waals surface area contributed by atoms with Crippen molar-refractivity contribution in [2.75, 3.05) is 53.9 Å². The van der Waals surface area contributed by atoms with E-state index < -0.39 is 0 Å². The van der Waals surface area contributed by atoms with E-state index in [9.17, 15) is 0 Å². The van der Waals surface area contributed by atoms with Gasteiger partial charge in [-0.15, -0.1) is 0 Å². The van der Waals surface area contributed by atoms with Crippen molar-refractivity contribution in [3.8, 4) is 0 Å². The summed E-state index contributed by atoms with van der Waals surface area (Å²) in [7, 11) is 6.41. The van der Waals surface area contributed by atoms with Gasteiger partial charge in [0.05, 0.1) is 0 Å². The summed E-state index contributed by atoms with van der Waals surface area (Å²) in [5.74, 6) is 0. The molecule has 1 N–H and O–H groups in total. The molecular weight excluding hydrogens is 174 g/mol. The highest BCUT2D eigenvalue weighted by atomic mass is 15.1. The largest absolute Gasteiger partial charge is 0.314 e. The summed E-state index contributed by atoms with van der Waals surface area (Å²) in [5, 5.41) is 3.44. The van der Waals surface area contributed by atoms with Gasteiger partial charge < -0.3 is 15.1 Å². The summed E-state index contributed by atoms with van der Waals surface area (Å²) in [5.41, 5.74) is 0. The standard InChI is InChI=1S/C11H27N3/c1-5-6-9-14(4)11-8-12-7-10-13(2)3/h12H,5-11H2,1-4H3. The maximum Gasteiger partial charge on any atom is 0.0104 e. The molecule has 0 amide bonds. The van der Waals surface area contributed by atoms with Gasteiger partial charge in [0, 0.05) is 26.2 Å². The van der Waals surface area contributed by atoms with Crippen LogP contribution in [0.5, 0.6) is 0 Å². The molecule has 0 aromatic rings. The number of nitrogens with one attached hydrogen (secondary N) is 1. The number of nitrogens with zero attached hydrogens (tertiary/aromatic N) is 2. The van der Waals surface area contributed by atoms with Crippen LogP contribution in [0, 0.1) is 0 Å². The summed E-state index contributed by atoms with van der Waals surface area (Å²) < 4.78 is 0. The van der Waals surface area contributed by atoms with Crippen LogP contribution in [-0.2, 0) is 0 Å². The quantitative estimate of drug-likeness (QED) is 0.559. The molecule has 0 aliphatic rings. The molecule has 0 spiro atoms. The van der Waals surface area contributed by atoms with Crippen molar-refractivity contribution in [3.05, 3.63) is 0 Å². The highest BCUT2D eigenvalue weighted by molar-refractivity contribution is 4.55. The minimum atomic E-state index is 1.09. The Bertz CT molecular complexity index is 115. The molecule has 0 rings (SSSR count). The first-order valence-electron chi connectivity index (χ1n) is 5.70. The molecule has 0 aromatic carbocycles. The van der Waals surface area contributed by atoms with Crippen LogP contribution >= 0.6 is 0 Å². The zero-order chi connectivity index (χ0) is 10.8. The predicted molar refractivity (Wildman–Crippen MR) is 63.8 cm³/mol. The maximum atomic E-state index is 3.44. The molecule has 0 bridgehead atoms. The maximum absolute atomic E-state index is 3.44. The molecule has 0 aromatic heterocycles. The van der Waals surface area contributed by atoms with Crippen LogP contribution < -0.4 is 5.32 Å². The van der Waals surface area contributed by atoms with E-state index in [4.69, 9.17) is 0 Å². The monoisotopic (exact) mass is 201 g/mol. The molecule has 0 heterocycles. The van der Waals surface area contributed by atoms with Gasteiger partial charge in [0.25, 0.3) is 0 Å². The van der Waals surface area contributed by atoms with Crippen molar-refractivity contribution < 1.29 is 0 Å². The van der Waals surface area contributed by atoms with E-state index in [0.29, 0.717) is 0 Å². The van der Waals surface area contributed by atoms with E-state index in [0.717, 1.165) is 26.2 Å². The average Bonchev–Trinajstić information content (AvgIpc) is 2.13. The fourth-order valence-electron chi connectivity index (χ4n) is 1.24. The van der Waals surface area contributed by atoms with Crippen molar-refractivity contribution in [2.24, 2.45) is 0 Å². The van der Waals surface area contributed by atoms with E-state index in [1.54, 1.807) is 0 Å². The van der Waals surface area contributed by atoms with Crippen molar-refractivity contribution in [1.82, 2.24) is 15.1 Å². The smallest absolute Gasteiger partial charge is 0.0104 e. The van der Waals surface area contributed by atoms with Crippen LogP contribution in [0.3, 0.4) is 0 Å². The molecule has 3 heteroatoms. The molecule has 14 heavy (non-hydrogen) atoms. The van der Waals surface area contributed by atoms with Gasteiger partial charge in [0.2, 0.25) is 0 Å². The van der Waals surface area contributed by atoms with Gasteiger partial charge in [-0.1, -0.05) is 13.3 Å². The SMILES string of the molecule is CCCCN(C)CCNCCN(C)C. The molecule has 0 radical (unpaired) electrons. The predicted octanol–water partition coefficient (Wildman–Crippen LogP) is 0.870. The van der Waals surface area contributed by atoms with E-state index in [2.05, 4.69) is 43.2 Å². The molecule has 0 saturated carbocycles. The van der Waals surface area contributed by atoms with Gasteiger partial charge >= 0.3 is 0 Å². The van der Waals surface area contributed by atoms with Crippen LogP contribution in [0.25, 0.3) is 0 Å². The minimum absolute atomic E-state index is 1.09. The Morgan fingerprint density at radius 2 is 1.57 bits per heavy atom. The lowest BCUT2D eigenvalue weighted by Crippen LogP contribution is -2.33. The fourth-order valence-corrected chi connectivity index (χ4v) is 1.24. The zero-order valence-corrected chi connectivity index (χ0v) is 10.3. The molecule has 0 unspecified atom stereocenters. The molecular formula is C11H27N3. The summed E-state index contributed by atoms with van der Waals surface area (Å²) in [6.45, 7) is 7.95. The fraction of sp³-hybridized carbons (Fsp3) is 1.00. The van der Waals surface area contributed by atoms with E-state index >= 15 is 0 Å². The third kappa shape index (κ3) is 9.96. The third-order valence-corrected chi connectivity index (χ3v) is 2.30. The summed E-state index contributed by atoms with van der Waals surface area (Å²) in [6, 6.07) is 0. The number of hydrogen-bond donors (Lipinski definition) is 1. The van der Waals surface area contributed by atoms with Gasteiger partial charge in [0.1, 0.15) is 0 Å². The van der Waals surface area contributed by atoms with Crippen molar-refractivity contribution in [3.63, 3.8) is 0 Å². The lowest BCUT2D eigenvalue weighted by molar-refractivity contribution is 0.320. The first-order chi connectivity index (χ1) is 6.66. The van der Waals surface area contributed by atoms with Gasteiger partial charge in [-0.3, -0.25) is 0 Å². The first-order valence-corrected chi connectivity index (χ1v) is 5.70. The Morgan fingerprint density at radius 1 is 0.929 bits per heavy atom. The number of rotatable bonds is 9. The van der Waals surface area contributed by atoms with Crippen molar-refractivity contribution in [2.45, 2.75) is 19.8 Å². The topological polar surface area (TPSA) is 18.5 Å². The highest BCUT2D eigenvalue weighted by Gasteiger charge is 1.96. The molecule has 0 aliphatic heterocycles. The number of unbranched alkanes of at least 4 members (excludes halogenated alkanes) is 1. The minimum Gasteiger partial charge on any atom is -0.314 e. The normalized spacial score (nSPS) is 11.6. The summed E-state index contributed by atoms with van der Waals surface area (Å²) >= 11 is 0. The zero-order valence-electron chi connectivity index (χ0n) is 10.3. The summed E-state index contributed by atoms with van der Waals surface area (Å²) in [6.07, 6.45) is 2.60. The van der Waals surface area contributed by atoms with Crippen LogP contribution in [-0.4, -0.2) is 63.7 Å². The molecule has 0 saturated heterocycles. The van der Waals surface area contributed by atoms with Crippen LogP contribution in [0.1, 0.15) is 19.8 Å². The van der Waals surface area contributed by atoms with Crippen LogP contribution in [0.15, 0.2) is 0 Å². The molecule has 0 aliphatic carbocycles. The second kappa shape index (κ2) is 9.44. The van der Waals surface area contributed by atoms with Crippen molar-refractivity contribution in [1.29, 1.82) is 0 Å². The second-order valence-corrected chi connectivity index (χ2v) is 4.21. The van der Waals surface area contributed by atoms with Crippen molar-refractivity contribution >= 4 is 0 Å². The lowest BCUT2D eigenvalue weighted by atomic mass is 10.3.